The molecule has 2 amide bonds. The van der Waals surface area contributed by atoms with E-state index in [0.717, 1.165) is 22.0 Å². The second kappa shape index (κ2) is 8.64. The number of hydrogen-bond donors (Lipinski definition) is 2. The van der Waals surface area contributed by atoms with Crippen molar-refractivity contribution in [3.63, 3.8) is 0 Å². The molecule has 2 aromatic rings. The minimum Gasteiger partial charge on any atom is -0.352 e. The summed E-state index contributed by atoms with van der Waals surface area (Å²) in [6.07, 6.45) is 0.813. The SMILES string of the molecule is CCC(NC(=O)c1ccc(CNC(C)=O)cc1)c1ccc(Br)cc1. The van der Waals surface area contributed by atoms with Crippen molar-refractivity contribution < 1.29 is 9.59 Å². The Labute approximate surface area is 150 Å². The van der Waals surface area contributed by atoms with Gasteiger partial charge in [-0.15, -0.1) is 0 Å². The van der Waals surface area contributed by atoms with E-state index in [0.29, 0.717) is 12.1 Å². The number of hydrogen-bond acceptors (Lipinski definition) is 2. The molecule has 126 valence electrons. The Morgan fingerprint density at radius 2 is 1.67 bits per heavy atom. The van der Waals surface area contributed by atoms with Crippen molar-refractivity contribution in [1.82, 2.24) is 10.6 Å². The third kappa shape index (κ3) is 5.20. The molecule has 0 fully saturated rings. The van der Waals surface area contributed by atoms with Crippen LogP contribution in [0.15, 0.2) is 53.0 Å². The first kappa shape index (κ1) is 18.2. The molecule has 0 saturated heterocycles. The van der Waals surface area contributed by atoms with Crippen molar-refractivity contribution in [3.8, 4) is 0 Å². The zero-order chi connectivity index (χ0) is 17.5. The van der Waals surface area contributed by atoms with Gasteiger partial charge in [-0.2, -0.15) is 0 Å². The van der Waals surface area contributed by atoms with E-state index in [1.807, 2.05) is 43.3 Å². The molecule has 2 aromatic carbocycles. The lowest BCUT2D eigenvalue weighted by Crippen LogP contribution is -2.28. The fourth-order valence-electron chi connectivity index (χ4n) is 2.36. The van der Waals surface area contributed by atoms with E-state index >= 15 is 0 Å². The number of nitrogens with one attached hydrogen (secondary N) is 2. The first-order valence-electron chi connectivity index (χ1n) is 7.89. The van der Waals surface area contributed by atoms with E-state index < -0.39 is 0 Å². The summed E-state index contributed by atoms with van der Waals surface area (Å²) in [6.45, 7) is 3.99. The van der Waals surface area contributed by atoms with Gasteiger partial charge in [-0.05, 0) is 41.8 Å². The van der Waals surface area contributed by atoms with Crippen molar-refractivity contribution in [2.75, 3.05) is 0 Å². The van der Waals surface area contributed by atoms with E-state index in [2.05, 4.69) is 26.6 Å². The zero-order valence-corrected chi connectivity index (χ0v) is 15.4. The molecule has 0 aliphatic carbocycles. The van der Waals surface area contributed by atoms with Gasteiger partial charge in [0.05, 0.1) is 6.04 Å². The molecule has 5 heteroatoms. The molecule has 0 spiro atoms. The molecular weight excluding hydrogens is 368 g/mol. The predicted octanol–water partition coefficient (Wildman–Crippen LogP) is 3.97. The molecule has 0 radical (unpaired) electrons. The van der Waals surface area contributed by atoms with Crippen LogP contribution in [0.4, 0.5) is 0 Å². The largest absolute Gasteiger partial charge is 0.352 e. The molecule has 0 aliphatic heterocycles. The number of rotatable bonds is 6. The number of halogens is 1. The van der Waals surface area contributed by atoms with E-state index in [1.54, 1.807) is 12.1 Å². The van der Waals surface area contributed by atoms with Crippen molar-refractivity contribution in [1.29, 1.82) is 0 Å². The summed E-state index contributed by atoms with van der Waals surface area (Å²) >= 11 is 3.42. The molecular formula is C19H21BrN2O2. The Bertz CT molecular complexity index is 696. The minimum absolute atomic E-state index is 0.0235. The molecule has 2 N–H and O–H groups in total. The fraction of sp³-hybridized carbons (Fsp3) is 0.263. The average molecular weight is 389 g/mol. The maximum Gasteiger partial charge on any atom is 0.251 e. The highest BCUT2D eigenvalue weighted by Crippen LogP contribution is 2.20. The first-order valence-corrected chi connectivity index (χ1v) is 8.68. The van der Waals surface area contributed by atoms with Gasteiger partial charge in [0.15, 0.2) is 0 Å². The number of carbonyl (C=O) groups excluding carboxylic acids is 2. The van der Waals surface area contributed by atoms with Gasteiger partial charge < -0.3 is 10.6 Å². The van der Waals surface area contributed by atoms with E-state index in [1.165, 1.54) is 6.92 Å². The van der Waals surface area contributed by atoms with Crippen LogP contribution in [0.5, 0.6) is 0 Å². The van der Waals surface area contributed by atoms with Gasteiger partial charge in [0.25, 0.3) is 5.91 Å². The van der Waals surface area contributed by atoms with Crippen LogP contribution in [-0.2, 0) is 11.3 Å². The van der Waals surface area contributed by atoms with Crippen molar-refractivity contribution in [3.05, 3.63) is 69.7 Å². The summed E-state index contributed by atoms with van der Waals surface area (Å²) in [5.41, 5.74) is 2.65. The summed E-state index contributed by atoms with van der Waals surface area (Å²) in [5, 5.41) is 5.80. The van der Waals surface area contributed by atoms with Crippen LogP contribution < -0.4 is 10.6 Å². The monoisotopic (exact) mass is 388 g/mol. The maximum atomic E-state index is 12.4. The van der Waals surface area contributed by atoms with E-state index in [9.17, 15) is 9.59 Å². The lowest BCUT2D eigenvalue weighted by atomic mass is 10.0. The van der Waals surface area contributed by atoms with Gasteiger partial charge in [0.2, 0.25) is 5.91 Å². The molecule has 0 aliphatic rings. The maximum absolute atomic E-state index is 12.4. The van der Waals surface area contributed by atoms with Gasteiger partial charge >= 0.3 is 0 Å². The van der Waals surface area contributed by atoms with Crippen LogP contribution in [0.25, 0.3) is 0 Å². The molecule has 24 heavy (non-hydrogen) atoms. The molecule has 0 heterocycles. The van der Waals surface area contributed by atoms with Crippen LogP contribution in [0.1, 0.15) is 47.8 Å². The Balaban J connectivity index is 2.02. The highest BCUT2D eigenvalue weighted by molar-refractivity contribution is 9.10. The molecule has 0 bridgehead atoms. The normalized spacial score (nSPS) is 11.6. The molecule has 4 nitrogen and oxygen atoms in total. The van der Waals surface area contributed by atoms with E-state index in [4.69, 9.17) is 0 Å². The van der Waals surface area contributed by atoms with Crippen LogP contribution in [-0.4, -0.2) is 11.8 Å². The second-order valence-corrected chi connectivity index (χ2v) is 6.51. The summed E-state index contributed by atoms with van der Waals surface area (Å²) in [4.78, 5) is 23.4. The van der Waals surface area contributed by atoms with Gasteiger partial charge in [0.1, 0.15) is 0 Å². The smallest absolute Gasteiger partial charge is 0.251 e. The van der Waals surface area contributed by atoms with Gasteiger partial charge in [-0.1, -0.05) is 47.1 Å². The standard InChI is InChI=1S/C19H21BrN2O2/c1-3-18(15-8-10-17(20)11-9-15)22-19(24)16-6-4-14(5-7-16)12-21-13(2)23/h4-11,18H,3,12H2,1-2H3,(H,21,23)(H,22,24). The highest BCUT2D eigenvalue weighted by atomic mass is 79.9. The first-order chi connectivity index (χ1) is 11.5. The quantitative estimate of drug-likeness (QED) is 0.786. The molecule has 2 rings (SSSR count). The summed E-state index contributed by atoms with van der Waals surface area (Å²) in [6, 6.07) is 15.2. The number of amides is 2. The van der Waals surface area contributed by atoms with Crippen LogP contribution in [0.3, 0.4) is 0 Å². The number of benzene rings is 2. The third-order valence-corrected chi connectivity index (χ3v) is 4.27. The lowest BCUT2D eigenvalue weighted by molar-refractivity contribution is -0.119. The molecule has 0 saturated carbocycles. The topological polar surface area (TPSA) is 58.2 Å². The summed E-state index contributed by atoms with van der Waals surface area (Å²) in [5.74, 6) is -0.173. The van der Waals surface area contributed by atoms with Crippen LogP contribution >= 0.6 is 15.9 Å². The minimum atomic E-state index is -0.101. The van der Waals surface area contributed by atoms with Gasteiger partial charge in [0, 0.05) is 23.5 Å². The Kier molecular flexibility index (Phi) is 6.55. The Morgan fingerprint density at radius 1 is 1.04 bits per heavy atom. The molecule has 1 unspecified atom stereocenters. The summed E-state index contributed by atoms with van der Waals surface area (Å²) in [7, 11) is 0. The highest BCUT2D eigenvalue weighted by Gasteiger charge is 2.14. The van der Waals surface area contributed by atoms with Gasteiger partial charge in [-0.3, -0.25) is 9.59 Å². The van der Waals surface area contributed by atoms with Crippen molar-refractivity contribution in [2.45, 2.75) is 32.9 Å². The predicted molar refractivity (Wildman–Crippen MR) is 98.6 cm³/mol. The van der Waals surface area contributed by atoms with Crippen molar-refractivity contribution in [2.24, 2.45) is 0 Å². The molecule has 0 aromatic heterocycles. The zero-order valence-electron chi connectivity index (χ0n) is 13.8. The number of carbonyl (C=O) groups is 2. The third-order valence-electron chi connectivity index (χ3n) is 3.74. The molecule has 1 atom stereocenters. The van der Waals surface area contributed by atoms with Crippen molar-refractivity contribution >= 4 is 27.7 Å². The Morgan fingerprint density at radius 3 is 2.21 bits per heavy atom. The summed E-state index contributed by atoms with van der Waals surface area (Å²) < 4.78 is 1.02. The lowest BCUT2D eigenvalue weighted by Gasteiger charge is -2.18. The Hall–Kier alpha value is -2.14. The van der Waals surface area contributed by atoms with Crippen LogP contribution in [0.2, 0.25) is 0 Å². The van der Waals surface area contributed by atoms with E-state index in [-0.39, 0.29) is 17.9 Å². The van der Waals surface area contributed by atoms with Crippen LogP contribution in [0, 0.1) is 0 Å². The fourth-order valence-corrected chi connectivity index (χ4v) is 2.62. The average Bonchev–Trinajstić information content (AvgIpc) is 2.59. The van der Waals surface area contributed by atoms with Gasteiger partial charge in [-0.25, -0.2) is 0 Å². The second-order valence-electron chi connectivity index (χ2n) is 5.59.